The number of carbonyl (C=O) groups excluding carboxylic acids is 1. The van der Waals surface area contributed by atoms with E-state index in [0.717, 1.165) is 19.4 Å². The first-order valence-electron chi connectivity index (χ1n) is 5.80. The van der Waals surface area contributed by atoms with Gasteiger partial charge in [0.15, 0.2) is 0 Å². The van der Waals surface area contributed by atoms with Crippen LogP contribution >= 0.6 is 0 Å². The highest BCUT2D eigenvalue weighted by molar-refractivity contribution is 5.87. The van der Waals surface area contributed by atoms with Crippen LogP contribution in [0.15, 0.2) is 0 Å². The van der Waals surface area contributed by atoms with E-state index >= 15 is 0 Å². The Kier molecular flexibility index (Phi) is 4.29. The molecule has 0 saturated carbocycles. The lowest BCUT2D eigenvalue weighted by Crippen LogP contribution is -2.49. The molecular weight excluding hydrogens is 208 g/mol. The number of carboxylic acid groups (broad SMARTS) is 1. The summed E-state index contributed by atoms with van der Waals surface area (Å²) >= 11 is 0. The highest BCUT2D eigenvalue weighted by Gasteiger charge is 2.40. The number of nitrogens with one attached hydrogen (secondary N) is 2. The van der Waals surface area contributed by atoms with Crippen LogP contribution in [-0.4, -0.2) is 36.1 Å². The minimum absolute atomic E-state index is 0.130. The first-order chi connectivity index (χ1) is 7.55. The van der Waals surface area contributed by atoms with Crippen molar-refractivity contribution in [1.29, 1.82) is 0 Å². The van der Waals surface area contributed by atoms with Crippen molar-refractivity contribution < 1.29 is 14.7 Å². The van der Waals surface area contributed by atoms with Crippen molar-refractivity contribution in [3.05, 3.63) is 0 Å². The molecule has 5 heteroatoms. The van der Waals surface area contributed by atoms with Gasteiger partial charge in [-0.2, -0.15) is 0 Å². The molecule has 5 nitrogen and oxygen atoms in total. The van der Waals surface area contributed by atoms with E-state index in [2.05, 4.69) is 10.6 Å². The predicted molar refractivity (Wildman–Crippen MR) is 60.1 cm³/mol. The largest absolute Gasteiger partial charge is 0.480 e. The summed E-state index contributed by atoms with van der Waals surface area (Å²) in [5.41, 5.74) is -0.414. The second kappa shape index (κ2) is 5.30. The smallest absolute Gasteiger partial charge is 0.326 e. The van der Waals surface area contributed by atoms with Gasteiger partial charge in [0.2, 0.25) is 5.91 Å². The summed E-state index contributed by atoms with van der Waals surface area (Å²) in [5, 5.41) is 14.7. The second-order valence-electron chi connectivity index (χ2n) is 4.33. The molecule has 0 aromatic heterocycles. The summed E-state index contributed by atoms with van der Waals surface area (Å²) in [7, 11) is 0. The number of aliphatic carboxylic acids is 1. The van der Waals surface area contributed by atoms with Crippen LogP contribution < -0.4 is 10.6 Å². The molecule has 1 aliphatic rings. The minimum Gasteiger partial charge on any atom is -0.480 e. The molecule has 0 spiro atoms. The molecule has 16 heavy (non-hydrogen) atoms. The van der Waals surface area contributed by atoms with Crippen molar-refractivity contribution in [1.82, 2.24) is 10.6 Å². The second-order valence-corrected chi connectivity index (χ2v) is 4.33. The zero-order valence-corrected chi connectivity index (χ0v) is 9.88. The Morgan fingerprint density at radius 1 is 1.50 bits per heavy atom. The summed E-state index contributed by atoms with van der Waals surface area (Å²) in [6.45, 7) is 5.19. The van der Waals surface area contributed by atoms with Gasteiger partial charge in [-0.3, -0.25) is 4.79 Å². The monoisotopic (exact) mass is 228 g/mol. The number of amides is 1. The van der Waals surface area contributed by atoms with Crippen molar-refractivity contribution >= 4 is 11.9 Å². The Hall–Kier alpha value is -1.10. The topological polar surface area (TPSA) is 78.4 Å². The molecule has 1 saturated heterocycles. The summed E-state index contributed by atoms with van der Waals surface area (Å²) in [5.74, 6) is -1.10. The zero-order chi connectivity index (χ0) is 12.2. The third kappa shape index (κ3) is 2.52. The molecule has 0 bridgehead atoms. The van der Waals surface area contributed by atoms with Gasteiger partial charge in [0.05, 0.1) is 5.41 Å². The van der Waals surface area contributed by atoms with Gasteiger partial charge in [0, 0.05) is 6.54 Å². The van der Waals surface area contributed by atoms with E-state index in [9.17, 15) is 9.59 Å². The maximum Gasteiger partial charge on any atom is 0.326 e. The van der Waals surface area contributed by atoms with E-state index < -0.39 is 17.4 Å². The molecule has 1 aliphatic heterocycles. The van der Waals surface area contributed by atoms with Crippen LogP contribution in [0, 0.1) is 5.41 Å². The van der Waals surface area contributed by atoms with Crippen LogP contribution in [0.5, 0.6) is 0 Å². The average molecular weight is 228 g/mol. The highest BCUT2D eigenvalue weighted by atomic mass is 16.4. The fraction of sp³-hybridized carbons (Fsp3) is 0.818. The van der Waals surface area contributed by atoms with Crippen LogP contribution in [0.4, 0.5) is 0 Å². The molecule has 0 aliphatic carbocycles. The normalized spacial score (nSPS) is 26.4. The summed E-state index contributed by atoms with van der Waals surface area (Å²) in [6, 6.07) is -0.767. The van der Waals surface area contributed by atoms with Crippen molar-refractivity contribution in [2.75, 3.05) is 13.1 Å². The minimum atomic E-state index is -0.965. The van der Waals surface area contributed by atoms with E-state index in [-0.39, 0.29) is 5.91 Å². The van der Waals surface area contributed by atoms with Crippen molar-refractivity contribution in [2.45, 2.75) is 39.2 Å². The van der Waals surface area contributed by atoms with Gasteiger partial charge in [-0.05, 0) is 25.8 Å². The Balaban J connectivity index is 2.65. The van der Waals surface area contributed by atoms with E-state index in [1.54, 1.807) is 6.92 Å². The maximum atomic E-state index is 12.1. The number of carboxylic acids is 1. The van der Waals surface area contributed by atoms with Gasteiger partial charge in [-0.15, -0.1) is 0 Å². The first kappa shape index (κ1) is 13.0. The quantitative estimate of drug-likeness (QED) is 0.634. The standard InChI is InChI=1S/C11H20N2O3/c1-3-8(9(14)15)13-10(16)11(4-2)5-6-12-7-11/h8,12H,3-7H2,1-2H3,(H,13,16)(H,14,15). The zero-order valence-electron chi connectivity index (χ0n) is 9.88. The van der Waals surface area contributed by atoms with Gasteiger partial charge in [-0.1, -0.05) is 13.8 Å². The van der Waals surface area contributed by atoms with Crippen molar-refractivity contribution in [3.8, 4) is 0 Å². The van der Waals surface area contributed by atoms with Gasteiger partial charge in [0.25, 0.3) is 0 Å². The molecule has 2 atom stereocenters. The summed E-state index contributed by atoms with van der Waals surface area (Å²) in [4.78, 5) is 22.9. The van der Waals surface area contributed by atoms with Crippen molar-refractivity contribution in [2.24, 2.45) is 5.41 Å². The Labute approximate surface area is 95.6 Å². The number of hydrogen-bond acceptors (Lipinski definition) is 3. The third-order valence-corrected chi connectivity index (χ3v) is 3.41. The molecule has 0 aromatic rings. The molecule has 92 valence electrons. The molecule has 0 radical (unpaired) electrons. The van der Waals surface area contributed by atoms with Crippen LogP contribution in [0.3, 0.4) is 0 Å². The Bertz CT molecular complexity index is 272. The lowest BCUT2D eigenvalue weighted by Gasteiger charge is -2.27. The van der Waals surface area contributed by atoms with Crippen LogP contribution in [-0.2, 0) is 9.59 Å². The van der Waals surface area contributed by atoms with E-state index in [4.69, 9.17) is 5.11 Å². The summed E-state index contributed by atoms with van der Waals surface area (Å²) < 4.78 is 0. The lowest BCUT2D eigenvalue weighted by atomic mass is 9.83. The fourth-order valence-corrected chi connectivity index (χ4v) is 2.05. The molecule has 1 fully saturated rings. The van der Waals surface area contributed by atoms with E-state index in [0.29, 0.717) is 13.0 Å². The maximum absolute atomic E-state index is 12.1. The van der Waals surface area contributed by atoms with Gasteiger partial charge >= 0.3 is 5.97 Å². The molecular formula is C11H20N2O3. The molecule has 3 N–H and O–H groups in total. The molecule has 0 aromatic carbocycles. The molecule has 1 rings (SSSR count). The number of carbonyl (C=O) groups is 2. The van der Waals surface area contributed by atoms with E-state index in [1.807, 2.05) is 6.92 Å². The van der Waals surface area contributed by atoms with Crippen LogP contribution in [0.1, 0.15) is 33.1 Å². The lowest BCUT2D eigenvalue weighted by molar-refractivity contribution is -0.143. The average Bonchev–Trinajstić information content (AvgIpc) is 2.74. The van der Waals surface area contributed by atoms with Crippen LogP contribution in [0.25, 0.3) is 0 Å². The molecule has 2 unspecified atom stereocenters. The van der Waals surface area contributed by atoms with E-state index in [1.165, 1.54) is 0 Å². The Morgan fingerprint density at radius 3 is 2.56 bits per heavy atom. The fourth-order valence-electron chi connectivity index (χ4n) is 2.05. The van der Waals surface area contributed by atoms with Gasteiger partial charge < -0.3 is 15.7 Å². The van der Waals surface area contributed by atoms with Gasteiger partial charge in [0.1, 0.15) is 6.04 Å². The van der Waals surface area contributed by atoms with Crippen LogP contribution in [0.2, 0.25) is 0 Å². The number of rotatable bonds is 5. The summed E-state index contributed by atoms with van der Waals surface area (Å²) in [6.07, 6.45) is 1.93. The first-order valence-corrected chi connectivity index (χ1v) is 5.80. The number of hydrogen-bond donors (Lipinski definition) is 3. The highest BCUT2D eigenvalue weighted by Crippen LogP contribution is 2.29. The SMILES string of the molecule is CCC(NC(=O)C1(CC)CCNC1)C(=O)O. The van der Waals surface area contributed by atoms with Gasteiger partial charge in [-0.25, -0.2) is 4.79 Å². The third-order valence-electron chi connectivity index (χ3n) is 3.41. The van der Waals surface area contributed by atoms with Crippen molar-refractivity contribution in [3.63, 3.8) is 0 Å². The predicted octanol–water partition coefficient (Wildman–Crippen LogP) is 0.355. The molecule has 1 heterocycles. The molecule has 1 amide bonds. The Morgan fingerprint density at radius 2 is 2.19 bits per heavy atom.